The van der Waals surface area contributed by atoms with E-state index in [9.17, 15) is 14.4 Å². The molecule has 1 saturated heterocycles. The number of nitrogens with zero attached hydrogens (tertiary/aromatic N) is 4. The van der Waals surface area contributed by atoms with Crippen molar-refractivity contribution in [2.24, 2.45) is 13.0 Å². The van der Waals surface area contributed by atoms with Crippen LogP contribution < -0.4 is 5.32 Å². The van der Waals surface area contributed by atoms with Crippen LogP contribution in [0.4, 0.5) is 10.6 Å². The fourth-order valence-corrected chi connectivity index (χ4v) is 5.05. The van der Waals surface area contributed by atoms with Crippen LogP contribution in [0.1, 0.15) is 29.7 Å². The first-order chi connectivity index (χ1) is 20.4. The normalized spacial score (nSPS) is 13.8. The number of anilines is 1. The van der Waals surface area contributed by atoms with Gasteiger partial charge in [0.05, 0.1) is 6.54 Å². The third-order valence-electron chi connectivity index (χ3n) is 7.61. The number of amides is 3. The second-order valence-corrected chi connectivity index (χ2v) is 10.5. The van der Waals surface area contributed by atoms with E-state index in [0.717, 1.165) is 27.7 Å². The topological polar surface area (TPSA) is 96.8 Å². The van der Waals surface area contributed by atoms with Crippen molar-refractivity contribution >= 4 is 40.7 Å². The quantitative estimate of drug-likeness (QED) is 0.295. The number of ether oxygens (including phenoxy) is 1. The van der Waals surface area contributed by atoms with E-state index < -0.39 is 0 Å². The van der Waals surface area contributed by atoms with Crippen LogP contribution in [0, 0.1) is 5.92 Å². The molecule has 0 spiro atoms. The summed E-state index contributed by atoms with van der Waals surface area (Å²) in [4.78, 5) is 45.6. The van der Waals surface area contributed by atoms with Crippen LogP contribution in [0.5, 0.6) is 0 Å². The van der Waals surface area contributed by atoms with Gasteiger partial charge in [-0.2, -0.15) is 0 Å². The SMILES string of the molecule is CN(Cc1cc2ccccc2n1C)C(=O)/C=C/c1ccc(NC(=O)C2CCN(C(=O)OCc3ccccc3)CC2)nc1. The van der Waals surface area contributed by atoms with Crippen molar-refractivity contribution < 1.29 is 19.1 Å². The minimum absolute atomic E-state index is 0.117. The molecule has 0 bridgehead atoms. The molecule has 2 aromatic carbocycles. The van der Waals surface area contributed by atoms with Crippen molar-refractivity contribution in [1.82, 2.24) is 19.4 Å². The van der Waals surface area contributed by atoms with Crippen LogP contribution in [0.15, 0.2) is 85.1 Å². The van der Waals surface area contributed by atoms with Gasteiger partial charge in [-0.05, 0) is 59.7 Å². The number of hydrogen-bond donors (Lipinski definition) is 1. The molecule has 2 aromatic heterocycles. The van der Waals surface area contributed by atoms with Crippen molar-refractivity contribution in [1.29, 1.82) is 0 Å². The first-order valence-electron chi connectivity index (χ1n) is 14.1. The van der Waals surface area contributed by atoms with Gasteiger partial charge in [0, 0.05) is 56.6 Å². The summed E-state index contributed by atoms with van der Waals surface area (Å²) in [5.41, 5.74) is 3.87. The Bertz CT molecular complexity index is 1570. The third-order valence-corrected chi connectivity index (χ3v) is 7.61. The Balaban J connectivity index is 1.06. The summed E-state index contributed by atoms with van der Waals surface area (Å²) in [6, 6.07) is 23.3. The number of piperidine rings is 1. The molecule has 0 saturated carbocycles. The number of nitrogens with one attached hydrogen (secondary N) is 1. The highest BCUT2D eigenvalue weighted by atomic mass is 16.6. The van der Waals surface area contributed by atoms with E-state index in [0.29, 0.717) is 38.3 Å². The highest BCUT2D eigenvalue weighted by Crippen LogP contribution is 2.21. The van der Waals surface area contributed by atoms with Gasteiger partial charge in [-0.25, -0.2) is 9.78 Å². The van der Waals surface area contributed by atoms with Gasteiger partial charge in [0.15, 0.2) is 0 Å². The van der Waals surface area contributed by atoms with Crippen molar-refractivity contribution in [2.75, 3.05) is 25.5 Å². The molecule has 1 aliphatic heterocycles. The molecule has 9 nitrogen and oxygen atoms in total. The Morgan fingerprint density at radius 2 is 1.76 bits per heavy atom. The summed E-state index contributed by atoms with van der Waals surface area (Å²) < 4.78 is 7.51. The molecule has 0 atom stereocenters. The zero-order chi connectivity index (χ0) is 29.5. The van der Waals surface area contributed by atoms with Gasteiger partial charge in [0.1, 0.15) is 12.4 Å². The first kappa shape index (κ1) is 28.6. The largest absolute Gasteiger partial charge is 0.445 e. The van der Waals surface area contributed by atoms with Crippen LogP contribution in [0.25, 0.3) is 17.0 Å². The number of carbonyl (C=O) groups excluding carboxylic acids is 3. The summed E-state index contributed by atoms with van der Waals surface area (Å²) >= 11 is 0. The van der Waals surface area contributed by atoms with E-state index in [1.54, 1.807) is 35.2 Å². The molecule has 3 heterocycles. The Labute approximate surface area is 245 Å². The number of aryl methyl sites for hydroxylation is 1. The Hall–Kier alpha value is -4.92. The van der Waals surface area contributed by atoms with E-state index in [4.69, 9.17) is 4.74 Å². The lowest BCUT2D eigenvalue weighted by molar-refractivity contribution is -0.125. The molecule has 216 valence electrons. The summed E-state index contributed by atoms with van der Waals surface area (Å²) in [7, 11) is 3.78. The molecule has 42 heavy (non-hydrogen) atoms. The summed E-state index contributed by atoms with van der Waals surface area (Å²) in [5, 5.41) is 4.02. The minimum atomic E-state index is -0.360. The molecular formula is C33H35N5O4. The lowest BCUT2D eigenvalue weighted by Gasteiger charge is -2.30. The number of aromatic nitrogens is 2. The van der Waals surface area contributed by atoms with Crippen LogP contribution >= 0.6 is 0 Å². The number of rotatable bonds is 8. The molecule has 0 aliphatic carbocycles. The first-order valence-corrected chi connectivity index (χ1v) is 14.1. The molecule has 3 amide bonds. The highest BCUT2D eigenvalue weighted by molar-refractivity contribution is 5.93. The van der Waals surface area contributed by atoms with Gasteiger partial charge in [0.2, 0.25) is 11.8 Å². The maximum atomic E-state index is 12.8. The molecule has 1 N–H and O–H groups in total. The van der Waals surface area contributed by atoms with Crippen LogP contribution in [0.3, 0.4) is 0 Å². The maximum absolute atomic E-state index is 12.8. The average molecular weight is 566 g/mol. The molecule has 5 rings (SSSR count). The number of fused-ring (bicyclic) bond motifs is 1. The summed E-state index contributed by atoms with van der Waals surface area (Å²) in [6.07, 6.45) is 5.61. The molecule has 1 aliphatic rings. The Morgan fingerprint density at radius 3 is 2.48 bits per heavy atom. The van der Waals surface area contributed by atoms with Crippen molar-refractivity contribution in [3.05, 3.63) is 102 Å². The van der Waals surface area contributed by atoms with Gasteiger partial charge < -0.3 is 24.4 Å². The number of hydrogen-bond acceptors (Lipinski definition) is 5. The third kappa shape index (κ3) is 7.04. The van der Waals surface area contributed by atoms with E-state index in [-0.39, 0.29) is 30.4 Å². The Morgan fingerprint density at radius 1 is 1.02 bits per heavy atom. The van der Waals surface area contributed by atoms with Gasteiger partial charge in [-0.3, -0.25) is 9.59 Å². The van der Waals surface area contributed by atoms with E-state index in [1.807, 2.05) is 55.6 Å². The number of para-hydroxylation sites is 1. The lowest BCUT2D eigenvalue weighted by atomic mass is 9.96. The van der Waals surface area contributed by atoms with E-state index >= 15 is 0 Å². The van der Waals surface area contributed by atoms with Gasteiger partial charge in [-0.15, -0.1) is 0 Å². The fourth-order valence-electron chi connectivity index (χ4n) is 5.05. The predicted molar refractivity (Wildman–Crippen MR) is 162 cm³/mol. The minimum Gasteiger partial charge on any atom is -0.445 e. The average Bonchev–Trinajstić information content (AvgIpc) is 3.34. The predicted octanol–water partition coefficient (Wildman–Crippen LogP) is 5.23. The second kappa shape index (κ2) is 13.2. The van der Waals surface area contributed by atoms with Crippen molar-refractivity contribution in [3.8, 4) is 0 Å². The molecule has 0 unspecified atom stereocenters. The summed E-state index contributed by atoms with van der Waals surface area (Å²) in [5.74, 6) is 0.00162. The smallest absolute Gasteiger partial charge is 0.410 e. The number of carbonyl (C=O) groups is 3. The lowest BCUT2D eigenvalue weighted by Crippen LogP contribution is -2.41. The molecular weight excluding hydrogens is 530 g/mol. The van der Waals surface area contributed by atoms with Crippen LogP contribution in [-0.2, 0) is 34.5 Å². The van der Waals surface area contributed by atoms with Crippen LogP contribution in [-0.4, -0.2) is 57.4 Å². The summed E-state index contributed by atoms with van der Waals surface area (Å²) in [6.45, 7) is 1.65. The number of likely N-dealkylation sites (N-methyl/N-ethyl adjacent to an activating group) is 1. The van der Waals surface area contributed by atoms with Gasteiger partial charge >= 0.3 is 6.09 Å². The van der Waals surface area contributed by atoms with Gasteiger partial charge in [0.25, 0.3) is 0 Å². The fraction of sp³-hybridized carbons (Fsp3) is 0.273. The zero-order valence-corrected chi connectivity index (χ0v) is 23.9. The van der Waals surface area contributed by atoms with Crippen molar-refractivity contribution in [2.45, 2.75) is 26.0 Å². The zero-order valence-electron chi connectivity index (χ0n) is 23.9. The monoisotopic (exact) mass is 565 g/mol. The Kier molecular flexibility index (Phi) is 8.96. The molecule has 9 heteroatoms. The standard InChI is InChI=1S/C33H35N5O4/c1-36(22-28-20-27-10-6-7-11-29(27)37(28)2)31(39)15-13-24-12-14-30(34-21-24)35-32(40)26-16-18-38(19-17-26)33(41)42-23-25-8-4-3-5-9-25/h3-15,20-21,26H,16-19,22-23H2,1-2H3,(H,34,35,40)/b15-13+. The number of likely N-dealkylation sites (tertiary alicyclic amines) is 1. The van der Waals surface area contributed by atoms with Crippen molar-refractivity contribution in [3.63, 3.8) is 0 Å². The molecule has 4 aromatic rings. The van der Waals surface area contributed by atoms with E-state index in [2.05, 4.69) is 33.1 Å². The van der Waals surface area contributed by atoms with E-state index in [1.165, 1.54) is 6.08 Å². The number of pyridine rings is 1. The number of benzene rings is 2. The van der Waals surface area contributed by atoms with Gasteiger partial charge in [-0.1, -0.05) is 48.5 Å². The molecule has 0 radical (unpaired) electrons. The maximum Gasteiger partial charge on any atom is 0.410 e. The van der Waals surface area contributed by atoms with Crippen LogP contribution in [0.2, 0.25) is 0 Å². The highest BCUT2D eigenvalue weighted by Gasteiger charge is 2.28. The second-order valence-electron chi connectivity index (χ2n) is 10.5. The molecule has 1 fully saturated rings.